The fraction of sp³-hybridized carbons (Fsp3) is 0.385. The molecule has 0 unspecified atom stereocenters. The van der Waals surface area contributed by atoms with Crippen molar-refractivity contribution in [3.8, 4) is 11.4 Å². The zero-order chi connectivity index (χ0) is 25.1. The van der Waals surface area contributed by atoms with Crippen LogP contribution in [0.4, 0.5) is 0 Å². The summed E-state index contributed by atoms with van der Waals surface area (Å²) in [7, 11) is -3.37. The first-order valence-electron chi connectivity index (χ1n) is 11.8. The number of pyridine rings is 2. The molecule has 0 N–H and O–H groups in total. The van der Waals surface area contributed by atoms with Crippen LogP contribution in [0.1, 0.15) is 49.4 Å². The number of nitrogens with zero attached hydrogens (tertiary/aromatic N) is 3. The first-order chi connectivity index (χ1) is 16.6. The molecule has 2 aliphatic rings. The highest BCUT2D eigenvalue weighted by atomic mass is 32.2. The van der Waals surface area contributed by atoms with Crippen molar-refractivity contribution in [2.24, 2.45) is 0 Å². The summed E-state index contributed by atoms with van der Waals surface area (Å²) in [6, 6.07) is 9.49. The van der Waals surface area contributed by atoms with Gasteiger partial charge in [-0.2, -0.15) is 4.31 Å². The molecule has 9 heteroatoms. The standard InChI is InChI=1S/C26H28N3O5S/c1-5-16-19-12-23-24-20(13-28(23)25(30)21(19)14-34-26(16)31)17(18-8-6-7-9-22(18)27-24)10-11-29(15(2)3)35(4,32)33/h6-9,12,15H,5,10-11,13-14H2,1-4H3. The fourth-order valence-electron chi connectivity index (χ4n) is 5.30. The van der Waals surface area contributed by atoms with Gasteiger partial charge >= 0.3 is 5.97 Å². The minimum Gasteiger partial charge on any atom is -0.460 e. The van der Waals surface area contributed by atoms with Crippen LogP contribution in [0.15, 0.2) is 35.1 Å². The molecule has 2 aromatic heterocycles. The number of hydrogen-bond acceptors (Lipinski definition) is 6. The van der Waals surface area contributed by atoms with E-state index in [0.29, 0.717) is 54.4 Å². The predicted molar refractivity (Wildman–Crippen MR) is 133 cm³/mol. The van der Waals surface area contributed by atoms with Crippen molar-refractivity contribution >= 4 is 26.9 Å². The smallest absolute Gasteiger partial charge is 0.318 e. The molecule has 35 heavy (non-hydrogen) atoms. The zero-order valence-electron chi connectivity index (χ0n) is 20.3. The highest BCUT2D eigenvalue weighted by Crippen LogP contribution is 2.38. The Labute approximate surface area is 204 Å². The van der Waals surface area contributed by atoms with Crippen LogP contribution in [0.25, 0.3) is 22.3 Å². The maximum absolute atomic E-state index is 13.5. The van der Waals surface area contributed by atoms with Crippen LogP contribution in [-0.2, 0) is 39.1 Å². The van der Waals surface area contributed by atoms with Gasteiger partial charge in [0.25, 0.3) is 5.56 Å². The lowest BCUT2D eigenvalue weighted by atomic mass is 9.90. The Balaban J connectivity index is 1.68. The van der Waals surface area contributed by atoms with Gasteiger partial charge in [-0.3, -0.25) is 9.59 Å². The van der Waals surface area contributed by atoms with Crippen molar-refractivity contribution in [2.75, 3.05) is 12.8 Å². The van der Waals surface area contributed by atoms with E-state index in [0.717, 1.165) is 22.0 Å². The van der Waals surface area contributed by atoms with Crippen molar-refractivity contribution in [3.63, 3.8) is 0 Å². The summed E-state index contributed by atoms with van der Waals surface area (Å²) in [5, 5.41) is 0.952. The molecular weight excluding hydrogens is 466 g/mol. The molecule has 1 radical (unpaired) electrons. The number of benzene rings is 1. The highest BCUT2D eigenvalue weighted by molar-refractivity contribution is 7.88. The van der Waals surface area contributed by atoms with Gasteiger partial charge in [-0.25, -0.2) is 13.4 Å². The summed E-state index contributed by atoms with van der Waals surface area (Å²) in [5.41, 5.74) is 5.06. The summed E-state index contributed by atoms with van der Waals surface area (Å²) < 4.78 is 33.2. The van der Waals surface area contributed by atoms with Gasteiger partial charge < -0.3 is 9.30 Å². The number of cyclic esters (lactones) is 1. The van der Waals surface area contributed by atoms with Gasteiger partial charge in [0.2, 0.25) is 10.0 Å². The number of sulfonamides is 1. The van der Waals surface area contributed by atoms with Crippen LogP contribution in [0.2, 0.25) is 0 Å². The second kappa shape index (κ2) is 8.57. The predicted octanol–water partition coefficient (Wildman–Crippen LogP) is 3.03. The van der Waals surface area contributed by atoms with Crippen LogP contribution >= 0.6 is 0 Å². The van der Waals surface area contributed by atoms with Gasteiger partial charge in [-0.1, -0.05) is 25.1 Å². The second-order valence-corrected chi connectivity index (χ2v) is 11.3. The Morgan fingerprint density at radius 3 is 2.60 bits per heavy atom. The lowest BCUT2D eigenvalue weighted by Gasteiger charge is -2.24. The number of ether oxygens (including phenoxy) is 1. The molecule has 5 rings (SSSR count). The summed E-state index contributed by atoms with van der Waals surface area (Å²) in [6.45, 7) is 6.24. The molecule has 4 heterocycles. The molecule has 0 saturated carbocycles. The van der Waals surface area contributed by atoms with Gasteiger partial charge in [0.1, 0.15) is 12.5 Å². The van der Waals surface area contributed by atoms with E-state index < -0.39 is 10.0 Å². The minimum absolute atomic E-state index is 0.0346. The number of carbonyl (C=O) groups is 1. The van der Waals surface area contributed by atoms with Crippen molar-refractivity contribution in [2.45, 2.75) is 52.8 Å². The molecule has 183 valence electrons. The number of esters is 1. The Morgan fingerprint density at radius 2 is 1.91 bits per heavy atom. The Hall–Kier alpha value is -3.04. The molecule has 0 spiro atoms. The number of aromatic nitrogens is 2. The summed E-state index contributed by atoms with van der Waals surface area (Å²) in [4.78, 5) is 30.7. The van der Waals surface area contributed by atoms with Gasteiger partial charge in [0.15, 0.2) is 0 Å². The largest absolute Gasteiger partial charge is 0.460 e. The molecule has 0 amide bonds. The van der Waals surface area contributed by atoms with Crippen LogP contribution in [0.3, 0.4) is 0 Å². The average Bonchev–Trinajstić information content (AvgIpc) is 3.16. The maximum Gasteiger partial charge on any atom is 0.318 e. The minimum atomic E-state index is -3.37. The summed E-state index contributed by atoms with van der Waals surface area (Å²) in [6.07, 6.45) is 2.19. The van der Waals surface area contributed by atoms with Gasteiger partial charge in [0, 0.05) is 23.5 Å². The lowest BCUT2D eigenvalue weighted by Crippen LogP contribution is -2.37. The molecule has 8 nitrogen and oxygen atoms in total. The Bertz CT molecular complexity index is 1520. The van der Waals surface area contributed by atoms with E-state index in [9.17, 15) is 18.0 Å². The van der Waals surface area contributed by atoms with E-state index in [4.69, 9.17) is 9.72 Å². The van der Waals surface area contributed by atoms with Gasteiger partial charge in [0.05, 0.1) is 35.3 Å². The fourth-order valence-corrected chi connectivity index (χ4v) is 6.48. The number of hydrogen-bond donors (Lipinski definition) is 0. The number of fused-ring (bicyclic) bond motifs is 5. The van der Waals surface area contributed by atoms with Crippen molar-refractivity contribution in [1.29, 1.82) is 0 Å². The van der Waals surface area contributed by atoms with Gasteiger partial charge in [-0.15, -0.1) is 0 Å². The third-order valence-corrected chi connectivity index (χ3v) is 8.38. The second-order valence-electron chi connectivity index (χ2n) is 9.37. The molecule has 1 aromatic carbocycles. The van der Waals surface area contributed by atoms with E-state index in [1.165, 1.54) is 10.6 Å². The third kappa shape index (κ3) is 3.87. The first-order valence-corrected chi connectivity index (χ1v) is 13.6. The van der Waals surface area contributed by atoms with E-state index in [1.54, 1.807) is 4.57 Å². The topological polar surface area (TPSA) is 98.6 Å². The maximum atomic E-state index is 13.5. The van der Waals surface area contributed by atoms with Crippen molar-refractivity contribution in [3.05, 3.63) is 68.9 Å². The Morgan fingerprint density at radius 1 is 1.17 bits per heavy atom. The summed E-state index contributed by atoms with van der Waals surface area (Å²) >= 11 is 0. The highest BCUT2D eigenvalue weighted by Gasteiger charge is 2.35. The van der Waals surface area contributed by atoms with E-state index >= 15 is 0 Å². The van der Waals surface area contributed by atoms with Crippen LogP contribution in [0, 0.1) is 5.92 Å². The molecule has 0 bridgehead atoms. The Kier molecular flexibility index (Phi) is 5.80. The van der Waals surface area contributed by atoms with Crippen molar-refractivity contribution in [1.82, 2.24) is 13.9 Å². The third-order valence-electron chi connectivity index (χ3n) is 6.93. The molecule has 2 aliphatic heterocycles. The molecule has 0 aliphatic carbocycles. The normalized spacial score (nSPS) is 15.4. The molecule has 3 aromatic rings. The molecule has 0 fully saturated rings. The molecule has 0 saturated heterocycles. The average molecular weight is 495 g/mol. The van der Waals surface area contributed by atoms with E-state index in [2.05, 4.69) is 0 Å². The zero-order valence-corrected chi connectivity index (χ0v) is 21.1. The number of para-hydroxylation sites is 1. The molecular formula is C26H28N3O5S. The van der Waals surface area contributed by atoms with Crippen LogP contribution in [-0.4, -0.2) is 47.1 Å². The SMILES string of the molecule is CC[C]1C(=O)OCc2c1cc1n(c2=O)Cc2c-1nc1ccccc1c2CCN(C(C)C)S(C)(=O)=O. The number of rotatable bonds is 6. The van der Waals surface area contributed by atoms with Crippen LogP contribution in [0.5, 0.6) is 0 Å². The first kappa shape index (κ1) is 23.7. The molecule has 0 atom stereocenters. The van der Waals surface area contributed by atoms with Crippen molar-refractivity contribution < 1.29 is 17.9 Å². The van der Waals surface area contributed by atoms with E-state index in [-0.39, 0.29) is 24.2 Å². The van der Waals surface area contributed by atoms with Gasteiger partial charge in [-0.05, 0) is 49.9 Å². The quantitative estimate of drug-likeness (QED) is 0.382. The van der Waals surface area contributed by atoms with E-state index in [1.807, 2.05) is 51.1 Å². The lowest BCUT2D eigenvalue weighted by molar-refractivity contribution is -0.143. The summed E-state index contributed by atoms with van der Waals surface area (Å²) in [5.74, 6) is 0.117. The van der Waals surface area contributed by atoms with Crippen LogP contribution < -0.4 is 5.56 Å². The monoisotopic (exact) mass is 494 g/mol. The number of carbonyl (C=O) groups excluding carboxylic acids is 1.